The molecule has 1 heterocycles. The van der Waals surface area contributed by atoms with Gasteiger partial charge >= 0.3 is 12.1 Å². The van der Waals surface area contributed by atoms with Gasteiger partial charge in [0.05, 0.1) is 17.5 Å². The van der Waals surface area contributed by atoms with Gasteiger partial charge in [-0.1, -0.05) is 46.3 Å². The van der Waals surface area contributed by atoms with Crippen LogP contribution in [0.5, 0.6) is 0 Å². The van der Waals surface area contributed by atoms with Crippen molar-refractivity contribution in [2.24, 2.45) is 5.92 Å². The molecule has 3 rings (SSSR count). The molecule has 144 valence electrons. The van der Waals surface area contributed by atoms with E-state index in [1.54, 1.807) is 0 Å². The molecule has 2 aromatic carbocycles. The van der Waals surface area contributed by atoms with Crippen molar-refractivity contribution < 1.29 is 23.1 Å². The molecular weight excluding hydrogens is 423 g/mol. The van der Waals surface area contributed by atoms with Crippen LogP contribution in [0, 0.1) is 5.92 Å². The van der Waals surface area contributed by atoms with Gasteiger partial charge in [0.1, 0.15) is 0 Å². The number of piperidine rings is 1. The Bertz CT molecular complexity index is 800. The molecule has 1 atom stereocenters. The third kappa shape index (κ3) is 4.52. The zero-order valence-electron chi connectivity index (χ0n) is 14.4. The highest BCUT2D eigenvalue weighted by atomic mass is 79.9. The summed E-state index contributed by atoms with van der Waals surface area (Å²) >= 11 is 3.54. The molecule has 27 heavy (non-hydrogen) atoms. The standard InChI is InChI=1S/C20H19BrF3NO2/c21-17-4-2-1-3-16(17)18(25-11-9-14(10-12-25)19(26)27)13-5-7-15(8-6-13)20(22,23)24/h1-8,14,18H,9-12H2,(H,26,27). The Balaban J connectivity index is 1.94. The summed E-state index contributed by atoms with van der Waals surface area (Å²) in [4.78, 5) is 13.4. The summed E-state index contributed by atoms with van der Waals surface area (Å²) in [5, 5.41) is 9.22. The highest BCUT2D eigenvalue weighted by Crippen LogP contribution is 2.37. The first kappa shape index (κ1) is 19.9. The minimum atomic E-state index is -4.37. The van der Waals surface area contributed by atoms with Gasteiger partial charge in [0, 0.05) is 4.47 Å². The number of carboxylic acids is 1. The molecule has 0 bridgehead atoms. The molecule has 0 aromatic heterocycles. The molecule has 3 nitrogen and oxygen atoms in total. The largest absolute Gasteiger partial charge is 0.481 e. The first-order valence-electron chi connectivity index (χ1n) is 8.66. The molecular formula is C20H19BrF3NO2. The second-order valence-corrected chi connectivity index (χ2v) is 7.55. The fraction of sp³-hybridized carbons (Fsp3) is 0.350. The van der Waals surface area contributed by atoms with E-state index in [9.17, 15) is 23.1 Å². The van der Waals surface area contributed by atoms with E-state index in [2.05, 4.69) is 20.8 Å². The third-order valence-corrected chi connectivity index (χ3v) is 5.72. The summed E-state index contributed by atoms with van der Waals surface area (Å²) in [5.74, 6) is -1.16. The zero-order valence-corrected chi connectivity index (χ0v) is 16.0. The molecule has 0 saturated carbocycles. The lowest BCUT2D eigenvalue weighted by Gasteiger charge is -2.37. The van der Waals surface area contributed by atoms with Crippen LogP contribution in [0.4, 0.5) is 13.2 Å². The van der Waals surface area contributed by atoms with Crippen LogP contribution < -0.4 is 0 Å². The fourth-order valence-electron chi connectivity index (χ4n) is 3.54. The van der Waals surface area contributed by atoms with Crippen molar-refractivity contribution in [3.63, 3.8) is 0 Å². The Hall–Kier alpha value is -1.86. The van der Waals surface area contributed by atoms with Crippen LogP contribution in [0.2, 0.25) is 0 Å². The van der Waals surface area contributed by atoms with Crippen LogP contribution in [0.25, 0.3) is 0 Å². The number of nitrogens with zero attached hydrogens (tertiary/aromatic N) is 1. The maximum absolute atomic E-state index is 12.9. The van der Waals surface area contributed by atoms with Crippen LogP contribution in [0.1, 0.15) is 35.6 Å². The van der Waals surface area contributed by atoms with Gasteiger partial charge in [0.25, 0.3) is 0 Å². The molecule has 1 aliphatic rings. The summed E-state index contributed by atoms with van der Waals surface area (Å²) in [6.07, 6.45) is -3.32. The molecule has 0 spiro atoms. The van der Waals surface area contributed by atoms with Gasteiger partial charge in [-0.25, -0.2) is 0 Å². The molecule has 7 heteroatoms. The number of likely N-dealkylation sites (tertiary alicyclic amines) is 1. The van der Waals surface area contributed by atoms with Gasteiger partial charge < -0.3 is 5.11 Å². The van der Waals surface area contributed by atoms with E-state index in [1.807, 2.05) is 24.3 Å². The summed E-state index contributed by atoms with van der Waals surface area (Å²) in [5.41, 5.74) is 1.02. The van der Waals surface area contributed by atoms with Gasteiger partial charge in [0.15, 0.2) is 0 Å². The van der Waals surface area contributed by atoms with Crippen LogP contribution in [-0.4, -0.2) is 29.1 Å². The number of carbonyl (C=O) groups is 1. The van der Waals surface area contributed by atoms with Crippen LogP contribution in [0.3, 0.4) is 0 Å². The highest BCUT2D eigenvalue weighted by Gasteiger charge is 2.33. The summed E-state index contributed by atoms with van der Waals surface area (Å²) < 4.78 is 39.6. The van der Waals surface area contributed by atoms with E-state index in [4.69, 9.17) is 0 Å². The van der Waals surface area contributed by atoms with Crippen molar-refractivity contribution in [1.82, 2.24) is 4.90 Å². The number of alkyl halides is 3. The van der Waals surface area contributed by atoms with E-state index in [-0.39, 0.29) is 12.0 Å². The van der Waals surface area contributed by atoms with Crippen molar-refractivity contribution in [1.29, 1.82) is 0 Å². The Labute approximate surface area is 163 Å². The van der Waals surface area contributed by atoms with E-state index < -0.39 is 17.7 Å². The van der Waals surface area contributed by atoms with Gasteiger partial charge in [-0.05, 0) is 55.3 Å². The molecule has 1 fully saturated rings. The first-order chi connectivity index (χ1) is 12.8. The third-order valence-electron chi connectivity index (χ3n) is 5.00. The average Bonchev–Trinajstić information content (AvgIpc) is 2.64. The summed E-state index contributed by atoms with van der Waals surface area (Å²) in [7, 11) is 0. The van der Waals surface area contributed by atoms with Crippen LogP contribution in [0.15, 0.2) is 53.0 Å². The van der Waals surface area contributed by atoms with E-state index >= 15 is 0 Å². The highest BCUT2D eigenvalue weighted by molar-refractivity contribution is 9.10. The minimum absolute atomic E-state index is 0.238. The number of hydrogen-bond donors (Lipinski definition) is 1. The quantitative estimate of drug-likeness (QED) is 0.694. The van der Waals surface area contributed by atoms with Gasteiger partial charge in [-0.15, -0.1) is 0 Å². The molecule has 0 aliphatic carbocycles. The van der Waals surface area contributed by atoms with E-state index in [0.29, 0.717) is 25.9 Å². The lowest BCUT2D eigenvalue weighted by Crippen LogP contribution is -2.39. The smallest absolute Gasteiger partial charge is 0.416 e. The number of carboxylic acid groups (broad SMARTS) is 1. The summed E-state index contributed by atoms with van der Waals surface area (Å²) in [6, 6.07) is 12.6. The van der Waals surface area contributed by atoms with Gasteiger partial charge in [-0.2, -0.15) is 13.2 Å². The van der Waals surface area contributed by atoms with Crippen molar-refractivity contribution in [2.45, 2.75) is 25.1 Å². The van der Waals surface area contributed by atoms with Crippen molar-refractivity contribution >= 4 is 21.9 Å². The Morgan fingerprint density at radius 2 is 1.67 bits per heavy atom. The maximum atomic E-state index is 12.9. The molecule has 1 N–H and O–H groups in total. The number of halogens is 4. The predicted octanol–water partition coefficient (Wildman–Crippen LogP) is 5.35. The second-order valence-electron chi connectivity index (χ2n) is 6.69. The molecule has 1 unspecified atom stereocenters. The van der Waals surface area contributed by atoms with E-state index in [0.717, 1.165) is 27.7 Å². The summed E-state index contributed by atoms with van der Waals surface area (Å²) in [6.45, 7) is 1.15. The van der Waals surface area contributed by atoms with Crippen LogP contribution >= 0.6 is 15.9 Å². The average molecular weight is 442 g/mol. The molecule has 1 saturated heterocycles. The molecule has 2 aromatic rings. The fourth-order valence-corrected chi connectivity index (χ4v) is 4.04. The number of rotatable bonds is 4. The monoisotopic (exact) mass is 441 g/mol. The van der Waals surface area contributed by atoms with E-state index in [1.165, 1.54) is 12.1 Å². The predicted molar refractivity (Wildman–Crippen MR) is 99.4 cm³/mol. The first-order valence-corrected chi connectivity index (χ1v) is 9.45. The topological polar surface area (TPSA) is 40.5 Å². The lowest BCUT2D eigenvalue weighted by atomic mass is 9.91. The van der Waals surface area contributed by atoms with Gasteiger partial charge in [0.2, 0.25) is 0 Å². The van der Waals surface area contributed by atoms with Crippen LogP contribution in [-0.2, 0) is 11.0 Å². The molecule has 0 radical (unpaired) electrons. The lowest BCUT2D eigenvalue weighted by molar-refractivity contribution is -0.143. The van der Waals surface area contributed by atoms with Gasteiger partial charge in [-0.3, -0.25) is 9.69 Å². The maximum Gasteiger partial charge on any atom is 0.416 e. The minimum Gasteiger partial charge on any atom is -0.481 e. The Morgan fingerprint density at radius 1 is 1.07 bits per heavy atom. The number of hydrogen-bond acceptors (Lipinski definition) is 2. The second kappa shape index (κ2) is 8.02. The van der Waals surface area contributed by atoms with Crippen molar-refractivity contribution in [3.8, 4) is 0 Å². The Morgan fingerprint density at radius 3 is 2.19 bits per heavy atom. The number of benzene rings is 2. The zero-order chi connectivity index (χ0) is 19.6. The molecule has 0 amide bonds. The molecule has 1 aliphatic heterocycles. The number of aliphatic carboxylic acids is 1. The SMILES string of the molecule is O=C(O)C1CCN(C(c2ccc(C(F)(F)F)cc2)c2ccccc2Br)CC1. The normalized spacial score (nSPS) is 17.6. The van der Waals surface area contributed by atoms with Crippen molar-refractivity contribution in [3.05, 3.63) is 69.7 Å². The Kier molecular flexibility index (Phi) is 5.91. The van der Waals surface area contributed by atoms with Crippen molar-refractivity contribution in [2.75, 3.05) is 13.1 Å².